The number of amides is 1. The SMILES string of the molecule is CC1C(N)CCN(C(=O)O)C1C. The zero-order valence-electron chi connectivity index (χ0n) is 7.53. The minimum absolute atomic E-state index is 0.0475. The van der Waals surface area contributed by atoms with E-state index in [1.165, 1.54) is 4.90 Å². The lowest BCUT2D eigenvalue weighted by Gasteiger charge is -2.39. The molecule has 0 aromatic rings. The van der Waals surface area contributed by atoms with Gasteiger partial charge in [-0.1, -0.05) is 6.92 Å². The van der Waals surface area contributed by atoms with Crippen LogP contribution in [0.3, 0.4) is 0 Å². The third-order valence-corrected chi connectivity index (χ3v) is 2.88. The van der Waals surface area contributed by atoms with Gasteiger partial charge in [-0.15, -0.1) is 0 Å². The van der Waals surface area contributed by atoms with Gasteiger partial charge in [-0.05, 0) is 19.3 Å². The van der Waals surface area contributed by atoms with Gasteiger partial charge in [0, 0.05) is 18.6 Å². The first kappa shape index (κ1) is 9.32. The predicted molar refractivity (Wildman–Crippen MR) is 45.9 cm³/mol. The van der Waals surface area contributed by atoms with E-state index >= 15 is 0 Å². The summed E-state index contributed by atoms with van der Waals surface area (Å²) >= 11 is 0. The van der Waals surface area contributed by atoms with Crippen LogP contribution >= 0.6 is 0 Å². The Labute approximate surface area is 72.3 Å². The molecule has 3 atom stereocenters. The van der Waals surface area contributed by atoms with E-state index in [1.54, 1.807) is 0 Å². The second-order valence-electron chi connectivity index (χ2n) is 3.53. The van der Waals surface area contributed by atoms with Crippen molar-refractivity contribution in [3.63, 3.8) is 0 Å². The maximum Gasteiger partial charge on any atom is 0.407 e. The molecule has 0 bridgehead atoms. The van der Waals surface area contributed by atoms with Crippen LogP contribution in [0.15, 0.2) is 0 Å². The highest BCUT2D eigenvalue weighted by molar-refractivity contribution is 5.65. The largest absolute Gasteiger partial charge is 0.465 e. The zero-order chi connectivity index (χ0) is 9.30. The molecule has 0 aliphatic carbocycles. The number of carboxylic acid groups (broad SMARTS) is 1. The van der Waals surface area contributed by atoms with Crippen LogP contribution in [0.25, 0.3) is 0 Å². The van der Waals surface area contributed by atoms with Gasteiger partial charge in [-0.25, -0.2) is 4.79 Å². The highest BCUT2D eigenvalue weighted by Gasteiger charge is 2.32. The molecule has 0 aromatic carbocycles. The molecule has 1 amide bonds. The van der Waals surface area contributed by atoms with Crippen molar-refractivity contribution in [1.82, 2.24) is 4.90 Å². The number of hydrogen-bond donors (Lipinski definition) is 2. The van der Waals surface area contributed by atoms with E-state index in [9.17, 15) is 4.79 Å². The Balaban J connectivity index is 2.65. The van der Waals surface area contributed by atoms with Crippen LogP contribution in [-0.4, -0.2) is 34.7 Å². The van der Waals surface area contributed by atoms with Gasteiger partial charge in [0.25, 0.3) is 0 Å². The second kappa shape index (κ2) is 3.31. The first-order valence-corrected chi connectivity index (χ1v) is 4.29. The molecule has 12 heavy (non-hydrogen) atoms. The van der Waals surface area contributed by atoms with E-state index < -0.39 is 6.09 Å². The molecular weight excluding hydrogens is 156 g/mol. The quantitative estimate of drug-likeness (QED) is 0.566. The monoisotopic (exact) mass is 172 g/mol. The summed E-state index contributed by atoms with van der Waals surface area (Å²) in [6.07, 6.45) is -0.0566. The van der Waals surface area contributed by atoms with Crippen molar-refractivity contribution in [3.8, 4) is 0 Å². The van der Waals surface area contributed by atoms with Crippen LogP contribution in [0.5, 0.6) is 0 Å². The summed E-state index contributed by atoms with van der Waals surface area (Å²) in [5, 5.41) is 8.80. The maximum absolute atomic E-state index is 10.7. The molecule has 1 heterocycles. The van der Waals surface area contributed by atoms with Gasteiger partial charge in [0.05, 0.1) is 0 Å². The van der Waals surface area contributed by atoms with Crippen LogP contribution in [0.2, 0.25) is 0 Å². The Morgan fingerprint density at radius 3 is 2.67 bits per heavy atom. The summed E-state index contributed by atoms with van der Waals surface area (Å²) in [4.78, 5) is 12.2. The van der Waals surface area contributed by atoms with Crippen molar-refractivity contribution in [3.05, 3.63) is 0 Å². The Bertz CT molecular complexity index is 184. The molecule has 70 valence electrons. The van der Waals surface area contributed by atoms with Gasteiger partial charge in [0.15, 0.2) is 0 Å². The molecule has 3 unspecified atom stereocenters. The summed E-state index contributed by atoms with van der Waals surface area (Å²) in [5.74, 6) is 0.259. The minimum Gasteiger partial charge on any atom is -0.465 e. The number of nitrogens with two attached hydrogens (primary N) is 1. The molecular formula is C8H16N2O2. The molecule has 0 radical (unpaired) electrons. The Morgan fingerprint density at radius 1 is 1.58 bits per heavy atom. The van der Waals surface area contributed by atoms with E-state index in [-0.39, 0.29) is 18.0 Å². The fraction of sp³-hybridized carbons (Fsp3) is 0.875. The maximum atomic E-state index is 10.7. The normalized spacial score (nSPS) is 36.6. The van der Waals surface area contributed by atoms with E-state index in [2.05, 4.69) is 0 Å². The Morgan fingerprint density at radius 2 is 2.17 bits per heavy atom. The molecule has 0 aromatic heterocycles. The van der Waals surface area contributed by atoms with Crippen molar-refractivity contribution in [1.29, 1.82) is 0 Å². The smallest absolute Gasteiger partial charge is 0.407 e. The fourth-order valence-electron chi connectivity index (χ4n) is 1.67. The van der Waals surface area contributed by atoms with E-state index in [4.69, 9.17) is 10.8 Å². The number of likely N-dealkylation sites (tertiary alicyclic amines) is 1. The number of carbonyl (C=O) groups is 1. The molecule has 1 saturated heterocycles. The highest BCUT2D eigenvalue weighted by atomic mass is 16.4. The number of rotatable bonds is 0. The lowest BCUT2D eigenvalue weighted by Crippen LogP contribution is -2.53. The number of hydrogen-bond acceptors (Lipinski definition) is 2. The van der Waals surface area contributed by atoms with Crippen LogP contribution < -0.4 is 5.73 Å². The van der Waals surface area contributed by atoms with Gasteiger partial charge >= 0.3 is 6.09 Å². The molecule has 4 nitrogen and oxygen atoms in total. The summed E-state index contributed by atoms with van der Waals surface area (Å²) in [6.45, 7) is 4.49. The lowest BCUT2D eigenvalue weighted by atomic mass is 9.88. The van der Waals surface area contributed by atoms with E-state index in [0.717, 1.165) is 6.42 Å². The van der Waals surface area contributed by atoms with Crippen molar-refractivity contribution >= 4 is 6.09 Å². The molecule has 3 N–H and O–H groups in total. The third kappa shape index (κ3) is 1.53. The van der Waals surface area contributed by atoms with Gasteiger partial charge in [-0.3, -0.25) is 0 Å². The number of nitrogens with zero attached hydrogens (tertiary/aromatic N) is 1. The predicted octanol–water partition coefficient (Wildman–Crippen LogP) is 0.722. The Hall–Kier alpha value is -0.770. The second-order valence-corrected chi connectivity index (χ2v) is 3.53. The highest BCUT2D eigenvalue weighted by Crippen LogP contribution is 2.21. The summed E-state index contributed by atoms with van der Waals surface area (Å²) in [7, 11) is 0. The van der Waals surface area contributed by atoms with Crippen LogP contribution in [-0.2, 0) is 0 Å². The van der Waals surface area contributed by atoms with E-state index in [0.29, 0.717) is 6.54 Å². The minimum atomic E-state index is -0.832. The number of piperidine rings is 1. The topological polar surface area (TPSA) is 66.6 Å². The van der Waals surface area contributed by atoms with Gasteiger partial charge in [0.1, 0.15) is 0 Å². The van der Waals surface area contributed by atoms with Crippen molar-refractivity contribution in [2.45, 2.75) is 32.4 Å². The standard InChI is InChI=1S/C8H16N2O2/c1-5-6(2)10(8(11)12)4-3-7(5)9/h5-7H,3-4,9H2,1-2H3,(H,11,12). The zero-order valence-corrected chi connectivity index (χ0v) is 7.53. The fourth-order valence-corrected chi connectivity index (χ4v) is 1.67. The average Bonchev–Trinajstić information content (AvgIpc) is 2.00. The van der Waals surface area contributed by atoms with Gasteiger partial charge < -0.3 is 15.7 Å². The third-order valence-electron chi connectivity index (χ3n) is 2.88. The average molecular weight is 172 g/mol. The van der Waals surface area contributed by atoms with Crippen molar-refractivity contribution < 1.29 is 9.90 Å². The van der Waals surface area contributed by atoms with Crippen LogP contribution in [0.4, 0.5) is 4.79 Å². The Kier molecular flexibility index (Phi) is 2.57. The van der Waals surface area contributed by atoms with Crippen molar-refractivity contribution in [2.24, 2.45) is 11.7 Å². The van der Waals surface area contributed by atoms with Crippen molar-refractivity contribution in [2.75, 3.05) is 6.54 Å². The molecule has 1 rings (SSSR count). The molecule has 4 heteroatoms. The molecule has 1 aliphatic heterocycles. The first-order valence-electron chi connectivity index (χ1n) is 4.29. The summed E-state index contributed by atoms with van der Waals surface area (Å²) < 4.78 is 0. The molecule has 1 aliphatic rings. The first-order chi connectivity index (χ1) is 5.54. The van der Waals surface area contributed by atoms with E-state index in [1.807, 2.05) is 13.8 Å². The summed E-state index contributed by atoms with van der Waals surface area (Å²) in [5.41, 5.74) is 5.81. The lowest BCUT2D eigenvalue weighted by molar-refractivity contribution is 0.0821. The molecule has 0 saturated carbocycles. The van der Waals surface area contributed by atoms with Gasteiger partial charge in [-0.2, -0.15) is 0 Å². The molecule has 0 spiro atoms. The summed E-state index contributed by atoms with van der Waals surface area (Å²) in [6, 6.07) is 0.196. The molecule has 1 fully saturated rings. The van der Waals surface area contributed by atoms with Gasteiger partial charge in [0.2, 0.25) is 0 Å². The van der Waals surface area contributed by atoms with Crippen LogP contribution in [0, 0.1) is 5.92 Å². The van der Waals surface area contributed by atoms with Crippen LogP contribution in [0.1, 0.15) is 20.3 Å².